The van der Waals surface area contributed by atoms with Crippen LogP contribution in [0, 0.1) is 0 Å². The molecule has 0 aliphatic carbocycles. The molecule has 0 atom stereocenters. The average molecular weight is 404 g/mol. The largest absolute Gasteiger partial charge is 0.366 e. The van der Waals surface area contributed by atoms with Gasteiger partial charge in [0, 0.05) is 23.0 Å². The second-order valence-corrected chi connectivity index (χ2v) is 8.33. The minimum atomic E-state index is -4.00. The number of carbonyl (C=O) groups excluding carboxylic acids is 2. The summed E-state index contributed by atoms with van der Waals surface area (Å²) in [4.78, 5) is 25.7. The number of rotatable bonds is 4. The van der Waals surface area contributed by atoms with Crippen LogP contribution < -0.4 is 10.6 Å². The van der Waals surface area contributed by atoms with Gasteiger partial charge in [0.1, 0.15) is 4.91 Å². The number of allylic oxidation sites excluding steroid dienone is 1. The summed E-state index contributed by atoms with van der Waals surface area (Å²) in [6.07, 6.45) is 1.33. The Morgan fingerprint density at radius 2 is 1.38 bits per heavy atom. The standard InChI is InChI=1S/C22H16N2O4S/c23-22(26)16-10-12-17(13-11-16)24-14-20(21(25)15-6-2-1-3-7-15)29(27,28)19-9-5-4-8-18(19)24/h1-14H,(H2,23,26). The number of amides is 1. The number of ketones is 1. The summed E-state index contributed by atoms with van der Waals surface area (Å²) < 4.78 is 26.3. The van der Waals surface area contributed by atoms with Crippen LogP contribution in [-0.4, -0.2) is 20.1 Å². The first-order chi connectivity index (χ1) is 13.9. The third kappa shape index (κ3) is 3.21. The lowest BCUT2D eigenvalue weighted by Gasteiger charge is -2.29. The van der Waals surface area contributed by atoms with Crippen LogP contribution in [0.1, 0.15) is 20.7 Å². The molecular formula is C22H16N2O4S. The maximum atomic E-state index is 13.2. The van der Waals surface area contributed by atoms with E-state index in [1.807, 2.05) is 0 Å². The fourth-order valence-corrected chi connectivity index (χ4v) is 4.71. The Labute approximate surface area is 167 Å². The van der Waals surface area contributed by atoms with Crippen molar-refractivity contribution in [1.29, 1.82) is 0 Å². The molecule has 0 spiro atoms. The molecule has 6 nitrogen and oxygen atoms in total. The molecule has 1 aliphatic heterocycles. The van der Waals surface area contributed by atoms with Gasteiger partial charge in [0.25, 0.3) is 0 Å². The molecule has 29 heavy (non-hydrogen) atoms. The van der Waals surface area contributed by atoms with Gasteiger partial charge in [0.2, 0.25) is 21.5 Å². The van der Waals surface area contributed by atoms with Gasteiger partial charge in [-0.3, -0.25) is 9.59 Å². The molecular weight excluding hydrogens is 388 g/mol. The van der Waals surface area contributed by atoms with E-state index in [4.69, 9.17) is 5.73 Å². The number of para-hydroxylation sites is 1. The van der Waals surface area contributed by atoms with E-state index in [0.717, 1.165) is 0 Å². The first-order valence-electron chi connectivity index (χ1n) is 8.74. The van der Waals surface area contributed by atoms with Crippen molar-refractivity contribution in [1.82, 2.24) is 0 Å². The zero-order valence-corrected chi connectivity index (χ0v) is 16.0. The summed E-state index contributed by atoms with van der Waals surface area (Å²) in [6.45, 7) is 0. The van der Waals surface area contributed by atoms with E-state index in [-0.39, 0.29) is 15.4 Å². The topological polar surface area (TPSA) is 97.5 Å². The predicted octanol–water partition coefficient (Wildman–Crippen LogP) is 3.44. The van der Waals surface area contributed by atoms with Crippen molar-refractivity contribution in [3.05, 3.63) is 101 Å². The predicted molar refractivity (Wildman–Crippen MR) is 110 cm³/mol. The number of nitrogens with zero attached hydrogens (tertiary/aromatic N) is 1. The summed E-state index contributed by atoms with van der Waals surface area (Å²) in [7, 11) is -4.00. The Hall–Kier alpha value is -3.71. The number of benzene rings is 3. The number of hydrogen-bond donors (Lipinski definition) is 1. The summed E-state index contributed by atoms with van der Waals surface area (Å²) in [5, 5.41) is 0. The van der Waals surface area contributed by atoms with Crippen LogP contribution in [0.2, 0.25) is 0 Å². The van der Waals surface area contributed by atoms with Gasteiger partial charge in [-0.05, 0) is 36.4 Å². The number of nitrogens with two attached hydrogens (primary N) is 1. The first kappa shape index (κ1) is 18.6. The van der Waals surface area contributed by atoms with Crippen molar-refractivity contribution >= 4 is 32.9 Å². The molecule has 1 amide bonds. The Kier molecular flexibility index (Phi) is 4.52. The Balaban J connectivity index is 1.89. The molecule has 0 aromatic heterocycles. The van der Waals surface area contributed by atoms with Crippen molar-refractivity contribution in [3.8, 4) is 0 Å². The van der Waals surface area contributed by atoms with Crippen LogP contribution in [-0.2, 0) is 9.84 Å². The molecule has 0 bridgehead atoms. The van der Waals surface area contributed by atoms with Gasteiger partial charge in [-0.1, -0.05) is 42.5 Å². The van der Waals surface area contributed by atoms with Crippen LogP contribution in [0.4, 0.5) is 11.4 Å². The SMILES string of the molecule is NC(=O)c1ccc(N2C=C(C(=O)c3ccccc3)S(=O)(=O)c3ccccc32)cc1. The van der Waals surface area contributed by atoms with Gasteiger partial charge in [-0.2, -0.15) is 0 Å². The van der Waals surface area contributed by atoms with Gasteiger partial charge in [-0.25, -0.2) is 8.42 Å². The van der Waals surface area contributed by atoms with Crippen molar-refractivity contribution in [2.24, 2.45) is 5.73 Å². The Morgan fingerprint density at radius 1 is 0.759 bits per heavy atom. The molecule has 1 aliphatic rings. The first-order valence-corrected chi connectivity index (χ1v) is 10.2. The quantitative estimate of drug-likeness (QED) is 0.672. The minimum Gasteiger partial charge on any atom is -0.366 e. The normalized spacial score (nSPS) is 14.6. The third-order valence-electron chi connectivity index (χ3n) is 4.64. The van der Waals surface area contributed by atoms with Crippen molar-refractivity contribution in [3.63, 3.8) is 0 Å². The summed E-state index contributed by atoms with van der Waals surface area (Å²) in [5.74, 6) is -1.15. The zero-order chi connectivity index (χ0) is 20.6. The lowest BCUT2D eigenvalue weighted by Crippen LogP contribution is -2.25. The minimum absolute atomic E-state index is 0.0424. The van der Waals surface area contributed by atoms with E-state index in [1.165, 1.54) is 12.3 Å². The van der Waals surface area contributed by atoms with E-state index in [1.54, 1.807) is 77.7 Å². The van der Waals surface area contributed by atoms with Crippen LogP contribution in [0.15, 0.2) is 94.9 Å². The second kappa shape index (κ2) is 7.03. The van der Waals surface area contributed by atoms with E-state index < -0.39 is 21.5 Å². The van der Waals surface area contributed by atoms with Crippen LogP contribution >= 0.6 is 0 Å². The van der Waals surface area contributed by atoms with E-state index in [2.05, 4.69) is 0 Å². The third-order valence-corrected chi connectivity index (χ3v) is 6.43. The highest BCUT2D eigenvalue weighted by Gasteiger charge is 2.35. The molecule has 0 fully saturated rings. The van der Waals surface area contributed by atoms with Gasteiger partial charge < -0.3 is 10.6 Å². The molecule has 1 heterocycles. The summed E-state index contributed by atoms with van der Waals surface area (Å²) in [5.41, 5.74) is 6.92. The Bertz CT molecular complexity index is 1250. The van der Waals surface area contributed by atoms with Gasteiger partial charge in [0.05, 0.1) is 10.6 Å². The number of Topliss-reactive ketones (excluding diaryl/α,β-unsaturated/α-hetero) is 1. The molecule has 0 radical (unpaired) electrons. The number of sulfone groups is 1. The van der Waals surface area contributed by atoms with Gasteiger partial charge in [0.15, 0.2) is 0 Å². The van der Waals surface area contributed by atoms with Gasteiger partial charge >= 0.3 is 0 Å². The summed E-state index contributed by atoms with van der Waals surface area (Å²) in [6, 6.07) is 21.1. The zero-order valence-electron chi connectivity index (χ0n) is 15.1. The lowest BCUT2D eigenvalue weighted by atomic mass is 10.1. The van der Waals surface area contributed by atoms with Crippen molar-refractivity contribution in [2.45, 2.75) is 4.90 Å². The van der Waals surface area contributed by atoms with Crippen LogP contribution in [0.25, 0.3) is 0 Å². The van der Waals surface area contributed by atoms with E-state index >= 15 is 0 Å². The molecule has 4 rings (SSSR count). The highest BCUT2D eigenvalue weighted by molar-refractivity contribution is 7.96. The number of hydrogen-bond acceptors (Lipinski definition) is 5. The summed E-state index contributed by atoms with van der Waals surface area (Å²) >= 11 is 0. The molecule has 144 valence electrons. The molecule has 2 N–H and O–H groups in total. The lowest BCUT2D eigenvalue weighted by molar-refractivity contribution is 0.0998. The fraction of sp³-hybridized carbons (Fsp3) is 0. The highest BCUT2D eigenvalue weighted by atomic mass is 32.2. The van der Waals surface area contributed by atoms with Crippen LogP contribution in [0.5, 0.6) is 0 Å². The van der Waals surface area contributed by atoms with E-state index in [0.29, 0.717) is 16.9 Å². The molecule has 3 aromatic carbocycles. The van der Waals surface area contributed by atoms with E-state index in [9.17, 15) is 18.0 Å². The molecule has 7 heteroatoms. The average Bonchev–Trinajstić information content (AvgIpc) is 2.74. The maximum absolute atomic E-state index is 13.2. The molecule has 0 saturated heterocycles. The van der Waals surface area contributed by atoms with Crippen LogP contribution in [0.3, 0.4) is 0 Å². The molecule has 0 unspecified atom stereocenters. The number of anilines is 2. The Morgan fingerprint density at radius 3 is 2.03 bits per heavy atom. The second-order valence-electron chi connectivity index (χ2n) is 6.44. The molecule has 0 saturated carbocycles. The maximum Gasteiger partial charge on any atom is 0.248 e. The number of primary amides is 1. The number of fused-ring (bicyclic) bond motifs is 1. The van der Waals surface area contributed by atoms with Gasteiger partial charge in [-0.15, -0.1) is 0 Å². The smallest absolute Gasteiger partial charge is 0.248 e. The van der Waals surface area contributed by atoms with Crippen molar-refractivity contribution < 1.29 is 18.0 Å². The monoisotopic (exact) mass is 404 g/mol. The molecule has 3 aromatic rings. The fourth-order valence-electron chi connectivity index (χ4n) is 3.17. The van der Waals surface area contributed by atoms with Crippen molar-refractivity contribution in [2.75, 3.05) is 4.90 Å². The number of carbonyl (C=O) groups is 2. The highest BCUT2D eigenvalue weighted by Crippen LogP contribution is 2.40.